The molecule has 2 saturated carbocycles. The van der Waals surface area contributed by atoms with Crippen LogP contribution in [0.2, 0.25) is 0 Å². The van der Waals surface area contributed by atoms with Crippen LogP contribution in [0.15, 0.2) is 57.5 Å². The van der Waals surface area contributed by atoms with E-state index in [4.69, 9.17) is 11.6 Å². The van der Waals surface area contributed by atoms with E-state index in [2.05, 4.69) is 38.7 Å². The molecule has 0 radical (unpaired) electrons. The molecule has 3 aliphatic rings. The first kappa shape index (κ1) is 26.5. The number of hydrogen-bond donors (Lipinski definition) is 1. The number of fused-ring (bicyclic) bond motifs is 1. The van der Waals surface area contributed by atoms with Crippen LogP contribution in [-0.2, 0) is 9.84 Å². The zero-order valence-electron chi connectivity index (χ0n) is 21.0. The quantitative estimate of drug-likeness (QED) is 0.407. The van der Waals surface area contributed by atoms with Crippen LogP contribution in [0.5, 0.6) is 0 Å². The number of aliphatic hydroxyl groups is 1. The number of halogens is 1. The van der Waals surface area contributed by atoms with Gasteiger partial charge in [-0.05, 0) is 95.0 Å². The Labute approximate surface area is 206 Å². The van der Waals surface area contributed by atoms with E-state index in [9.17, 15) is 13.5 Å². The van der Waals surface area contributed by atoms with E-state index in [1.165, 1.54) is 16.7 Å². The van der Waals surface area contributed by atoms with Crippen LogP contribution in [0.4, 0.5) is 0 Å². The molecule has 2 fully saturated rings. The fraction of sp³-hybridized carbons (Fsp3) is 0.643. The number of sulfone groups is 1. The van der Waals surface area contributed by atoms with Crippen molar-refractivity contribution in [3.8, 4) is 0 Å². The summed E-state index contributed by atoms with van der Waals surface area (Å²) in [5, 5.41) is 10.0. The minimum absolute atomic E-state index is 0.0343. The summed E-state index contributed by atoms with van der Waals surface area (Å²) in [6.45, 7) is 13.8. The van der Waals surface area contributed by atoms with Gasteiger partial charge in [0.1, 0.15) is 4.36 Å². The molecule has 33 heavy (non-hydrogen) atoms. The lowest BCUT2D eigenvalue weighted by Gasteiger charge is -2.42. The average Bonchev–Trinajstić information content (AvgIpc) is 3.09. The van der Waals surface area contributed by atoms with Crippen LogP contribution in [0.1, 0.15) is 86.0 Å². The van der Waals surface area contributed by atoms with Crippen LogP contribution >= 0.6 is 11.6 Å². The number of rotatable bonds is 5. The zero-order valence-corrected chi connectivity index (χ0v) is 22.5. The first-order valence-electron chi connectivity index (χ1n) is 12.3. The summed E-state index contributed by atoms with van der Waals surface area (Å²) in [5.41, 5.74) is 5.38. The van der Waals surface area contributed by atoms with Crippen LogP contribution in [-0.4, -0.2) is 24.4 Å². The molecule has 3 rings (SSSR count). The van der Waals surface area contributed by atoms with E-state index in [0.717, 1.165) is 44.1 Å². The van der Waals surface area contributed by atoms with Crippen molar-refractivity contribution in [2.45, 2.75) is 96.8 Å². The van der Waals surface area contributed by atoms with Crippen LogP contribution in [0.25, 0.3) is 0 Å². The lowest BCUT2D eigenvalue weighted by atomic mass is 9.62. The third-order valence-corrected chi connectivity index (χ3v) is 11.1. The summed E-state index contributed by atoms with van der Waals surface area (Å²) >= 11 is 6.25. The van der Waals surface area contributed by atoms with Gasteiger partial charge in [0.05, 0.1) is 10.9 Å². The maximum Gasteiger partial charge on any atom is 0.193 e. The average molecular weight is 493 g/mol. The molecule has 3 nitrogen and oxygen atoms in total. The van der Waals surface area contributed by atoms with Crippen LogP contribution in [0.3, 0.4) is 0 Å². The van der Waals surface area contributed by atoms with Crippen molar-refractivity contribution in [3.63, 3.8) is 0 Å². The zero-order chi connectivity index (χ0) is 24.6. The summed E-state index contributed by atoms with van der Waals surface area (Å²) in [7, 11) is -3.50. The standard InChI is InChI=1S/C28H41ClO3S/c1-19-9-13-23(30)18-22(19)12-11-21-8-7-17-28(6)24(14-15-25(21)28)20(2)10-16-26(29)33(31,32)27(3,4)5/h11-12,14,16,20,23,25,30H,1,7-10,13,15,17-18H2,2-6H3/b21-11+,22-12-,26-16+/t20-,23+,25+,28-/m1/s1. The Hall–Kier alpha value is -1.10. The van der Waals surface area contributed by atoms with Crippen molar-refractivity contribution >= 4 is 21.4 Å². The Morgan fingerprint density at radius 1 is 1.33 bits per heavy atom. The summed E-state index contributed by atoms with van der Waals surface area (Å²) in [6.07, 6.45) is 15.8. The molecule has 4 atom stereocenters. The Bertz CT molecular complexity index is 1010. The van der Waals surface area contributed by atoms with Gasteiger partial charge >= 0.3 is 0 Å². The second kappa shape index (κ2) is 9.87. The van der Waals surface area contributed by atoms with E-state index in [-0.39, 0.29) is 21.8 Å². The Balaban J connectivity index is 1.76. The van der Waals surface area contributed by atoms with E-state index >= 15 is 0 Å². The highest BCUT2D eigenvalue weighted by Crippen LogP contribution is 2.57. The Morgan fingerprint density at radius 2 is 2.03 bits per heavy atom. The first-order valence-corrected chi connectivity index (χ1v) is 14.2. The minimum Gasteiger partial charge on any atom is -0.393 e. The topological polar surface area (TPSA) is 54.4 Å². The molecule has 0 amide bonds. The van der Waals surface area contributed by atoms with Crippen molar-refractivity contribution in [2.24, 2.45) is 17.3 Å². The van der Waals surface area contributed by atoms with Gasteiger partial charge in [0.25, 0.3) is 0 Å². The molecule has 0 aromatic carbocycles. The highest BCUT2D eigenvalue weighted by Gasteiger charge is 2.46. The molecule has 0 spiro atoms. The highest BCUT2D eigenvalue weighted by molar-refractivity contribution is 7.98. The molecule has 0 heterocycles. The van der Waals surface area contributed by atoms with Crippen molar-refractivity contribution in [3.05, 3.63) is 57.5 Å². The predicted molar refractivity (Wildman–Crippen MR) is 140 cm³/mol. The molecule has 0 saturated heterocycles. The normalized spacial score (nSPS) is 32.8. The third kappa shape index (κ3) is 5.44. The fourth-order valence-electron chi connectivity index (χ4n) is 5.81. The van der Waals surface area contributed by atoms with Crippen molar-refractivity contribution in [2.75, 3.05) is 0 Å². The van der Waals surface area contributed by atoms with Crippen molar-refractivity contribution in [1.82, 2.24) is 0 Å². The molecule has 0 aliphatic heterocycles. The molecule has 184 valence electrons. The molecule has 3 aliphatic carbocycles. The SMILES string of the molecule is C=C1CC[C@H](O)C/C1=C/C=C1\CCC[C@]2(C)C([C@H](C)C/C=C(\Cl)S(=O)(=O)C(C)(C)C)=CC[C@@H]12. The summed E-state index contributed by atoms with van der Waals surface area (Å²) in [4.78, 5) is 0. The van der Waals surface area contributed by atoms with Gasteiger partial charge in [0.2, 0.25) is 0 Å². The smallest absolute Gasteiger partial charge is 0.193 e. The van der Waals surface area contributed by atoms with Gasteiger partial charge in [-0.1, -0.05) is 73.1 Å². The predicted octanol–water partition coefficient (Wildman–Crippen LogP) is 7.40. The number of aliphatic hydroxyl groups excluding tert-OH is 1. The summed E-state index contributed by atoms with van der Waals surface area (Å²) < 4.78 is 24.3. The second-order valence-electron chi connectivity index (χ2n) is 11.4. The lowest BCUT2D eigenvalue weighted by molar-refractivity contribution is 0.158. The largest absolute Gasteiger partial charge is 0.393 e. The van der Waals surface area contributed by atoms with Crippen LogP contribution in [0, 0.1) is 17.3 Å². The van der Waals surface area contributed by atoms with Crippen molar-refractivity contribution < 1.29 is 13.5 Å². The van der Waals surface area contributed by atoms with Crippen molar-refractivity contribution in [1.29, 1.82) is 0 Å². The molecule has 5 heteroatoms. The first-order chi connectivity index (χ1) is 15.3. The molecule has 1 N–H and O–H groups in total. The molecule has 0 bridgehead atoms. The molecule has 0 aromatic heterocycles. The van der Waals surface area contributed by atoms with Gasteiger partial charge in [-0.2, -0.15) is 0 Å². The lowest BCUT2D eigenvalue weighted by Crippen LogP contribution is -2.32. The maximum atomic E-state index is 12.6. The Morgan fingerprint density at radius 3 is 2.70 bits per heavy atom. The van der Waals surface area contributed by atoms with Gasteiger partial charge in [-0.15, -0.1) is 0 Å². The number of hydrogen-bond acceptors (Lipinski definition) is 3. The maximum absolute atomic E-state index is 12.6. The van der Waals surface area contributed by atoms with E-state index < -0.39 is 14.6 Å². The fourth-order valence-corrected chi connectivity index (χ4v) is 7.49. The van der Waals surface area contributed by atoms with Gasteiger partial charge < -0.3 is 5.11 Å². The molecular weight excluding hydrogens is 452 g/mol. The van der Waals surface area contributed by atoms with Gasteiger partial charge in [-0.25, -0.2) is 8.42 Å². The monoisotopic (exact) mass is 492 g/mol. The van der Waals surface area contributed by atoms with E-state index in [1.54, 1.807) is 26.8 Å². The van der Waals surface area contributed by atoms with Gasteiger partial charge in [0.15, 0.2) is 9.84 Å². The van der Waals surface area contributed by atoms with Gasteiger partial charge in [0, 0.05) is 0 Å². The minimum atomic E-state index is -3.50. The summed E-state index contributed by atoms with van der Waals surface area (Å²) in [5.74, 6) is 0.731. The van der Waals surface area contributed by atoms with Gasteiger partial charge in [-0.3, -0.25) is 0 Å². The summed E-state index contributed by atoms with van der Waals surface area (Å²) in [6, 6.07) is 0. The highest BCUT2D eigenvalue weighted by atomic mass is 35.5. The molecular formula is C28H41ClO3S. The third-order valence-electron chi connectivity index (χ3n) is 8.02. The van der Waals surface area contributed by atoms with Crippen LogP contribution < -0.4 is 0 Å². The number of allylic oxidation sites excluding steroid dienone is 7. The molecule has 0 aromatic rings. The molecule has 0 unspecified atom stereocenters. The van der Waals surface area contributed by atoms with E-state index in [1.807, 2.05) is 0 Å². The Kier molecular flexibility index (Phi) is 7.93. The second-order valence-corrected chi connectivity index (χ2v) is 14.7. The van der Waals surface area contributed by atoms with E-state index in [0.29, 0.717) is 18.8 Å².